The second-order valence-corrected chi connectivity index (χ2v) is 5.21. The lowest BCUT2D eigenvalue weighted by Crippen LogP contribution is -2.35. The first kappa shape index (κ1) is 15.8. The maximum Gasteiger partial charge on any atom is 0.241 e. The molecule has 0 heterocycles. The van der Waals surface area contributed by atoms with E-state index in [1.54, 1.807) is 6.07 Å². The number of nitrogens with two attached hydrogens (primary N) is 1. The summed E-state index contributed by atoms with van der Waals surface area (Å²) < 4.78 is 0. The standard InChI is InChI=1S/C14H22ClN3O/c1-4-5-6-12(16)14(19)17-10-7-8-13(18(2)3)11(15)9-10/h7-9,12H,4-6,16H2,1-3H3,(H,17,19)/t12-/m0/s1. The quantitative estimate of drug-likeness (QED) is 0.844. The van der Waals surface area contributed by atoms with Crippen LogP contribution in [0.5, 0.6) is 0 Å². The predicted octanol–water partition coefficient (Wildman–Crippen LogP) is 2.86. The third-order valence-electron chi connectivity index (χ3n) is 2.90. The molecule has 0 saturated heterocycles. The lowest BCUT2D eigenvalue weighted by atomic mass is 10.1. The number of amides is 1. The molecule has 0 aromatic heterocycles. The largest absolute Gasteiger partial charge is 0.376 e. The molecular weight excluding hydrogens is 262 g/mol. The molecule has 1 rings (SSSR count). The molecule has 19 heavy (non-hydrogen) atoms. The molecule has 1 amide bonds. The maximum absolute atomic E-state index is 11.9. The van der Waals surface area contributed by atoms with E-state index in [0.29, 0.717) is 17.1 Å². The van der Waals surface area contributed by atoms with Crippen molar-refractivity contribution < 1.29 is 4.79 Å². The Bertz CT molecular complexity index is 435. The third kappa shape index (κ3) is 4.73. The second-order valence-electron chi connectivity index (χ2n) is 4.80. The van der Waals surface area contributed by atoms with Crippen LogP contribution >= 0.6 is 11.6 Å². The van der Waals surface area contributed by atoms with Gasteiger partial charge in [0.1, 0.15) is 0 Å². The highest BCUT2D eigenvalue weighted by Gasteiger charge is 2.13. The Morgan fingerprint density at radius 3 is 2.68 bits per heavy atom. The zero-order valence-corrected chi connectivity index (χ0v) is 12.5. The average Bonchev–Trinajstić information content (AvgIpc) is 2.35. The number of carbonyl (C=O) groups is 1. The first-order valence-electron chi connectivity index (χ1n) is 6.49. The van der Waals surface area contributed by atoms with Crippen molar-refractivity contribution in [2.24, 2.45) is 5.73 Å². The van der Waals surface area contributed by atoms with Crippen LogP contribution in [-0.4, -0.2) is 26.0 Å². The minimum atomic E-state index is -0.466. The lowest BCUT2D eigenvalue weighted by Gasteiger charge is -2.16. The van der Waals surface area contributed by atoms with Gasteiger partial charge in [-0.15, -0.1) is 0 Å². The van der Waals surface area contributed by atoms with Gasteiger partial charge in [-0.2, -0.15) is 0 Å². The fourth-order valence-electron chi connectivity index (χ4n) is 1.74. The van der Waals surface area contributed by atoms with E-state index in [1.807, 2.05) is 31.1 Å². The van der Waals surface area contributed by atoms with Crippen molar-refractivity contribution in [2.75, 3.05) is 24.3 Å². The van der Waals surface area contributed by atoms with E-state index >= 15 is 0 Å². The monoisotopic (exact) mass is 283 g/mol. The molecule has 4 nitrogen and oxygen atoms in total. The first-order valence-corrected chi connectivity index (χ1v) is 6.86. The van der Waals surface area contributed by atoms with Crippen molar-refractivity contribution in [3.05, 3.63) is 23.2 Å². The van der Waals surface area contributed by atoms with Crippen molar-refractivity contribution in [3.8, 4) is 0 Å². The van der Waals surface area contributed by atoms with Crippen LogP contribution in [0.1, 0.15) is 26.2 Å². The van der Waals surface area contributed by atoms with Crippen LogP contribution in [0.4, 0.5) is 11.4 Å². The molecule has 3 N–H and O–H groups in total. The second kappa shape index (κ2) is 7.36. The van der Waals surface area contributed by atoms with E-state index in [1.165, 1.54) is 0 Å². The molecule has 0 saturated carbocycles. The highest BCUT2D eigenvalue weighted by molar-refractivity contribution is 6.33. The Morgan fingerprint density at radius 2 is 2.16 bits per heavy atom. The molecule has 1 aromatic carbocycles. The first-order chi connectivity index (χ1) is 8.95. The molecule has 0 aliphatic rings. The summed E-state index contributed by atoms with van der Waals surface area (Å²) in [6, 6.07) is 4.97. The lowest BCUT2D eigenvalue weighted by molar-refractivity contribution is -0.117. The highest BCUT2D eigenvalue weighted by atomic mass is 35.5. The molecular formula is C14H22ClN3O. The van der Waals surface area contributed by atoms with Crippen molar-refractivity contribution in [2.45, 2.75) is 32.2 Å². The van der Waals surface area contributed by atoms with E-state index in [9.17, 15) is 4.79 Å². The Balaban J connectivity index is 2.67. The van der Waals surface area contributed by atoms with Crippen LogP contribution in [0.2, 0.25) is 5.02 Å². The van der Waals surface area contributed by atoms with Gasteiger partial charge in [0.05, 0.1) is 16.8 Å². The molecule has 5 heteroatoms. The van der Waals surface area contributed by atoms with Gasteiger partial charge in [0.25, 0.3) is 0 Å². The Labute approximate surface area is 119 Å². The van der Waals surface area contributed by atoms with E-state index in [-0.39, 0.29) is 5.91 Å². The number of nitrogens with one attached hydrogen (secondary N) is 1. The van der Waals surface area contributed by atoms with Gasteiger partial charge >= 0.3 is 0 Å². The summed E-state index contributed by atoms with van der Waals surface area (Å²) >= 11 is 6.15. The summed E-state index contributed by atoms with van der Waals surface area (Å²) in [4.78, 5) is 13.8. The van der Waals surface area contributed by atoms with Crippen molar-refractivity contribution in [1.29, 1.82) is 0 Å². The van der Waals surface area contributed by atoms with Gasteiger partial charge in [-0.3, -0.25) is 4.79 Å². The number of hydrogen-bond donors (Lipinski definition) is 2. The van der Waals surface area contributed by atoms with Gasteiger partial charge in [0, 0.05) is 19.8 Å². The SMILES string of the molecule is CCCC[C@H](N)C(=O)Nc1ccc(N(C)C)c(Cl)c1. The fourth-order valence-corrected chi connectivity index (χ4v) is 2.09. The molecule has 0 spiro atoms. The van der Waals surface area contributed by atoms with Crippen LogP contribution in [-0.2, 0) is 4.79 Å². The number of rotatable bonds is 6. The van der Waals surface area contributed by atoms with Crippen LogP contribution in [0.25, 0.3) is 0 Å². The Morgan fingerprint density at radius 1 is 1.47 bits per heavy atom. The molecule has 1 atom stereocenters. The smallest absolute Gasteiger partial charge is 0.241 e. The molecule has 0 unspecified atom stereocenters. The van der Waals surface area contributed by atoms with Crippen LogP contribution in [0.3, 0.4) is 0 Å². The maximum atomic E-state index is 11.9. The van der Waals surface area contributed by atoms with E-state index in [2.05, 4.69) is 12.2 Å². The normalized spacial score (nSPS) is 12.1. The van der Waals surface area contributed by atoms with Crippen LogP contribution in [0.15, 0.2) is 18.2 Å². The predicted molar refractivity (Wildman–Crippen MR) is 81.9 cm³/mol. The summed E-state index contributed by atoms with van der Waals surface area (Å²) in [7, 11) is 3.83. The summed E-state index contributed by atoms with van der Waals surface area (Å²) in [6.45, 7) is 2.07. The number of hydrogen-bond acceptors (Lipinski definition) is 3. The zero-order valence-electron chi connectivity index (χ0n) is 11.7. The average molecular weight is 284 g/mol. The third-order valence-corrected chi connectivity index (χ3v) is 3.21. The summed E-state index contributed by atoms with van der Waals surface area (Å²) in [5.41, 5.74) is 7.40. The Kier molecular flexibility index (Phi) is 6.12. The molecule has 0 aliphatic carbocycles. The number of carbonyl (C=O) groups excluding carboxylic acids is 1. The van der Waals surface area contributed by atoms with Crippen molar-refractivity contribution >= 4 is 28.9 Å². The van der Waals surface area contributed by atoms with Gasteiger partial charge in [-0.25, -0.2) is 0 Å². The summed E-state index contributed by atoms with van der Waals surface area (Å²) in [5.74, 6) is -0.165. The summed E-state index contributed by atoms with van der Waals surface area (Å²) in [5, 5.41) is 3.39. The summed E-state index contributed by atoms with van der Waals surface area (Å²) in [6.07, 6.45) is 2.69. The van der Waals surface area contributed by atoms with Crippen LogP contribution < -0.4 is 16.0 Å². The highest BCUT2D eigenvalue weighted by Crippen LogP contribution is 2.27. The van der Waals surface area contributed by atoms with Gasteiger partial charge in [0.15, 0.2) is 0 Å². The molecule has 0 radical (unpaired) electrons. The molecule has 0 fully saturated rings. The Hall–Kier alpha value is -1.26. The van der Waals surface area contributed by atoms with Gasteiger partial charge in [-0.1, -0.05) is 31.4 Å². The van der Waals surface area contributed by atoms with Gasteiger partial charge in [0.2, 0.25) is 5.91 Å². The number of benzene rings is 1. The molecule has 0 bridgehead atoms. The molecule has 0 aliphatic heterocycles. The minimum Gasteiger partial charge on any atom is -0.376 e. The number of halogens is 1. The number of unbranched alkanes of at least 4 members (excludes halogenated alkanes) is 1. The zero-order chi connectivity index (χ0) is 14.4. The van der Waals surface area contributed by atoms with Gasteiger partial charge < -0.3 is 16.0 Å². The van der Waals surface area contributed by atoms with Gasteiger partial charge in [-0.05, 0) is 24.6 Å². The molecule has 106 valence electrons. The van der Waals surface area contributed by atoms with E-state index < -0.39 is 6.04 Å². The fraction of sp³-hybridized carbons (Fsp3) is 0.500. The number of nitrogens with zero attached hydrogens (tertiary/aromatic N) is 1. The van der Waals surface area contributed by atoms with E-state index in [4.69, 9.17) is 17.3 Å². The van der Waals surface area contributed by atoms with Crippen molar-refractivity contribution in [1.82, 2.24) is 0 Å². The number of anilines is 2. The van der Waals surface area contributed by atoms with Crippen molar-refractivity contribution in [3.63, 3.8) is 0 Å². The topological polar surface area (TPSA) is 58.4 Å². The minimum absolute atomic E-state index is 0.165. The van der Waals surface area contributed by atoms with Crippen LogP contribution in [0, 0.1) is 0 Å². The van der Waals surface area contributed by atoms with E-state index in [0.717, 1.165) is 18.5 Å². The molecule has 1 aromatic rings.